The Hall–Kier alpha value is -0.890. The van der Waals surface area contributed by atoms with Gasteiger partial charge in [-0.3, -0.25) is 4.90 Å². The van der Waals surface area contributed by atoms with Gasteiger partial charge >= 0.3 is 0 Å². The van der Waals surface area contributed by atoms with Crippen LogP contribution in [0.3, 0.4) is 0 Å². The molecule has 1 unspecified atom stereocenters. The van der Waals surface area contributed by atoms with Crippen LogP contribution in [0.2, 0.25) is 0 Å². The summed E-state index contributed by atoms with van der Waals surface area (Å²) in [5.74, 6) is 0. The highest BCUT2D eigenvalue weighted by Crippen LogP contribution is 2.34. The van der Waals surface area contributed by atoms with Crippen molar-refractivity contribution < 1.29 is 0 Å². The number of hydrogen-bond acceptors (Lipinski definition) is 4. The molecule has 0 amide bonds. The van der Waals surface area contributed by atoms with E-state index in [4.69, 9.17) is 0 Å². The summed E-state index contributed by atoms with van der Waals surface area (Å²) in [5.41, 5.74) is 0.173. The summed E-state index contributed by atoms with van der Waals surface area (Å²) in [7, 11) is 0. The zero-order chi connectivity index (χ0) is 13.2. The lowest BCUT2D eigenvalue weighted by atomic mass is 9.95. The van der Waals surface area contributed by atoms with Crippen LogP contribution in [0.1, 0.15) is 36.6 Å². The molecule has 1 aromatic heterocycles. The van der Waals surface area contributed by atoms with E-state index in [2.05, 4.69) is 49.2 Å². The summed E-state index contributed by atoms with van der Waals surface area (Å²) in [5, 5.41) is 12.8. The highest BCUT2D eigenvalue weighted by Gasteiger charge is 2.25. The molecule has 1 saturated heterocycles. The van der Waals surface area contributed by atoms with Crippen molar-refractivity contribution in [1.82, 2.24) is 10.2 Å². The molecule has 0 radical (unpaired) electrons. The van der Waals surface area contributed by atoms with Gasteiger partial charge < -0.3 is 5.32 Å². The van der Waals surface area contributed by atoms with E-state index in [9.17, 15) is 5.26 Å². The van der Waals surface area contributed by atoms with E-state index >= 15 is 0 Å². The smallest absolute Gasteiger partial charge is 0.133 e. The molecule has 0 aliphatic carbocycles. The third kappa shape index (κ3) is 2.92. The Morgan fingerprint density at radius 2 is 2.00 bits per heavy atom. The molecule has 2 rings (SSSR count). The molecule has 1 aliphatic heterocycles. The Kier molecular flexibility index (Phi) is 4.06. The number of hydrogen-bond donors (Lipinski definition) is 1. The molecule has 1 N–H and O–H groups in total. The minimum atomic E-state index is -0.0757. The van der Waals surface area contributed by atoms with Gasteiger partial charge in [0.25, 0.3) is 0 Å². The zero-order valence-electron chi connectivity index (χ0n) is 11.4. The van der Waals surface area contributed by atoms with Gasteiger partial charge in [-0.1, -0.05) is 20.8 Å². The van der Waals surface area contributed by atoms with Crippen LogP contribution in [0.15, 0.2) is 12.1 Å². The van der Waals surface area contributed by atoms with Crippen LogP contribution in [0.25, 0.3) is 0 Å². The zero-order valence-corrected chi connectivity index (χ0v) is 12.2. The van der Waals surface area contributed by atoms with E-state index in [0.29, 0.717) is 0 Å². The third-order valence-electron chi connectivity index (χ3n) is 3.27. The lowest BCUT2D eigenvalue weighted by Gasteiger charge is -2.30. The van der Waals surface area contributed by atoms with Crippen LogP contribution in [0.4, 0.5) is 0 Å². The summed E-state index contributed by atoms with van der Waals surface area (Å²) >= 11 is 1.78. The molecule has 98 valence electrons. The van der Waals surface area contributed by atoms with Gasteiger partial charge in [-0.25, -0.2) is 0 Å². The first-order chi connectivity index (χ1) is 8.52. The predicted octanol–water partition coefficient (Wildman–Crippen LogP) is 2.52. The quantitative estimate of drug-likeness (QED) is 0.891. The van der Waals surface area contributed by atoms with Crippen LogP contribution in [-0.2, 0) is 5.41 Å². The summed E-state index contributed by atoms with van der Waals surface area (Å²) in [6.45, 7) is 10.5. The molecule has 1 fully saturated rings. The van der Waals surface area contributed by atoms with Gasteiger partial charge in [-0.2, -0.15) is 5.26 Å². The SMILES string of the molecule is CC(C)(C)c1ccc(C(C#N)N2CCNCC2)s1. The molecule has 1 aliphatic rings. The van der Waals surface area contributed by atoms with Gasteiger partial charge in [0.05, 0.1) is 6.07 Å². The second-order valence-corrected chi connectivity index (χ2v) is 6.88. The molecule has 1 aromatic rings. The van der Waals surface area contributed by atoms with E-state index in [-0.39, 0.29) is 11.5 Å². The molecular formula is C14H21N3S. The van der Waals surface area contributed by atoms with Gasteiger partial charge in [0.2, 0.25) is 0 Å². The van der Waals surface area contributed by atoms with Crippen LogP contribution >= 0.6 is 11.3 Å². The minimum Gasteiger partial charge on any atom is -0.314 e. The fraction of sp³-hybridized carbons (Fsp3) is 0.643. The predicted molar refractivity (Wildman–Crippen MR) is 75.8 cm³/mol. The van der Waals surface area contributed by atoms with E-state index in [1.807, 2.05) is 0 Å². The summed E-state index contributed by atoms with van der Waals surface area (Å²) in [4.78, 5) is 4.81. The van der Waals surface area contributed by atoms with Crippen molar-refractivity contribution in [2.24, 2.45) is 0 Å². The van der Waals surface area contributed by atoms with Crippen LogP contribution in [-0.4, -0.2) is 31.1 Å². The Balaban J connectivity index is 2.18. The normalized spacial score (nSPS) is 19.4. The van der Waals surface area contributed by atoms with Gasteiger partial charge in [0.1, 0.15) is 6.04 Å². The van der Waals surface area contributed by atoms with Crippen molar-refractivity contribution in [2.75, 3.05) is 26.2 Å². The maximum absolute atomic E-state index is 9.44. The third-order valence-corrected chi connectivity index (χ3v) is 4.84. The summed E-state index contributed by atoms with van der Waals surface area (Å²) < 4.78 is 0. The topological polar surface area (TPSA) is 39.1 Å². The van der Waals surface area contributed by atoms with Crippen LogP contribution < -0.4 is 5.32 Å². The first kappa shape index (κ1) is 13.5. The first-order valence-corrected chi connectivity index (χ1v) is 7.28. The number of nitrogens with one attached hydrogen (secondary N) is 1. The van der Waals surface area contributed by atoms with E-state index in [0.717, 1.165) is 26.2 Å². The lowest BCUT2D eigenvalue weighted by molar-refractivity contribution is 0.210. The molecule has 2 heterocycles. The number of thiophene rings is 1. The van der Waals surface area contributed by atoms with Gasteiger partial charge in [-0.05, 0) is 17.5 Å². The average molecular weight is 263 g/mol. The standard InChI is InChI=1S/C14H21N3S/c1-14(2,3)13-5-4-12(18-13)11(10-15)17-8-6-16-7-9-17/h4-5,11,16H,6-9H2,1-3H3. The molecule has 3 nitrogen and oxygen atoms in total. The largest absolute Gasteiger partial charge is 0.314 e. The van der Waals surface area contributed by atoms with Crippen molar-refractivity contribution >= 4 is 11.3 Å². The lowest BCUT2D eigenvalue weighted by Crippen LogP contribution is -2.44. The molecule has 0 spiro atoms. The molecule has 18 heavy (non-hydrogen) atoms. The average Bonchev–Trinajstić information content (AvgIpc) is 2.81. The Morgan fingerprint density at radius 1 is 1.33 bits per heavy atom. The van der Waals surface area contributed by atoms with Crippen molar-refractivity contribution in [1.29, 1.82) is 5.26 Å². The number of nitrogens with zero attached hydrogens (tertiary/aromatic N) is 2. The first-order valence-electron chi connectivity index (χ1n) is 6.47. The fourth-order valence-corrected chi connectivity index (χ4v) is 3.31. The molecule has 0 bridgehead atoms. The van der Waals surface area contributed by atoms with E-state index in [1.165, 1.54) is 9.75 Å². The maximum atomic E-state index is 9.44. The van der Waals surface area contributed by atoms with Crippen molar-refractivity contribution in [3.63, 3.8) is 0 Å². The van der Waals surface area contributed by atoms with E-state index in [1.54, 1.807) is 11.3 Å². The van der Waals surface area contributed by atoms with E-state index < -0.39 is 0 Å². The molecule has 0 aromatic carbocycles. The van der Waals surface area contributed by atoms with Gasteiger partial charge in [0.15, 0.2) is 0 Å². The Morgan fingerprint density at radius 3 is 2.50 bits per heavy atom. The van der Waals surface area contributed by atoms with Crippen molar-refractivity contribution in [2.45, 2.75) is 32.2 Å². The fourth-order valence-electron chi connectivity index (χ4n) is 2.17. The van der Waals surface area contributed by atoms with Crippen LogP contribution in [0.5, 0.6) is 0 Å². The second-order valence-electron chi connectivity index (χ2n) is 5.77. The minimum absolute atomic E-state index is 0.0757. The molecule has 1 atom stereocenters. The van der Waals surface area contributed by atoms with Gasteiger partial charge in [0, 0.05) is 35.9 Å². The van der Waals surface area contributed by atoms with Crippen molar-refractivity contribution in [3.8, 4) is 6.07 Å². The highest BCUT2D eigenvalue weighted by molar-refractivity contribution is 7.12. The van der Waals surface area contributed by atoms with Gasteiger partial charge in [-0.15, -0.1) is 11.3 Å². The molecule has 4 heteroatoms. The summed E-state index contributed by atoms with van der Waals surface area (Å²) in [6, 6.07) is 6.68. The highest BCUT2D eigenvalue weighted by atomic mass is 32.1. The van der Waals surface area contributed by atoms with Crippen molar-refractivity contribution in [3.05, 3.63) is 21.9 Å². The molecule has 0 saturated carbocycles. The Bertz CT molecular complexity index is 433. The Labute approximate surface area is 113 Å². The number of nitriles is 1. The summed E-state index contributed by atoms with van der Waals surface area (Å²) in [6.07, 6.45) is 0. The second kappa shape index (κ2) is 5.40. The number of rotatable bonds is 2. The maximum Gasteiger partial charge on any atom is 0.133 e. The monoisotopic (exact) mass is 263 g/mol. The molecular weight excluding hydrogens is 242 g/mol. The van der Waals surface area contributed by atoms with Crippen LogP contribution in [0, 0.1) is 11.3 Å². The number of piperazine rings is 1.